The Bertz CT molecular complexity index is 1060. The van der Waals surface area contributed by atoms with Crippen molar-refractivity contribution in [1.82, 2.24) is 15.1 Å². The fraction of sp³-hybridized carbons (Fsp3) is 0.444. The number of imide groups is 1. The maximum Gasteiger partial charge on any atom is 0.327 e. The van der Waals surface area contributed by atoms with Crippen LogP contribution in [-0.4, -0.2) is 59.9 Å². The standard InChI is InChI=1S/C27H31N3O4/c1-34-23-12-6-5-10-21(23)24(31)28-18-27(19-8-3-2-4-9-19)15-13-20(14-16-27)30-25(32)22-11-7-17-29(22)26(30)33/h2-6,8-10,12,20,22H,7,11,13-18H2,1H3,(H,28,31)/t20?,22-,27?/m0/s1. The average molecular weight is 462 g/mol. The van der Waals surface area contributed by atoms with Gasteiger partial charge in [-0.05, 0) is 56.2 Å². The van der Waals surface area contributed by atoms with Gasteiger partial charge < -0.3 is 15.0 Å². The molecule has 7 heteroatoms. The Kier molecular flexibility index (Phi) is 6.02. The van der Waals surface area contributed by atoms with Crippen molar-refractivity contribution in [2.24, 2.45) is 0 Å². The third kappa shape index (κ3) is 3.83. The molecule has 0 aromatic heterocycles. The van der Waals surface area contributed by atoms with Gasteiger partial charge in [0.1, 0.15) is 11.8 Å². The highest BCUT2D eigenvalue weighted by Crippen LogP contribution is 2.42. The highest BCUT2D eigenvalue weighted by atomic mass is 16.5. The first-order chi connectivity index (χ1) is 16.5. The van der Waals surface area contributed by atoms with E-state index in [4.69, 9.17) is 4.74 Å². The van der Waals surface area contributed by atoms with Gasteiger partial charge in [-0.15, -0.1) is 0 Å². The van der Waals surface area contributed by atoms with Crippen LogP contribution in [0.1, 0.15) is 54.4 Å². The minimum Gasteiger partial charge on any atom is -0.496 e. The van der Waals surface area contributed by atoms with Gasteiger partial charge in [-0.25, -0.2) is 4.79 Å². The van der Waals surface area contributed by atoms with Crippen LogP contribution in [0.5, 0.6) is 5.75 Å². The van der Waals surface area contributed by atoms with Crippen LogP contribution < -0.4 is 10.1 Å². The highest BCUT2D eigenvalue weighted by molar-refractivity contribution is 6.05. The molecule has 0 radical (unpaired) electrons. The third-order valence-corrected chi connectivity index (χ3v) is 7.83. The molecule has 1 atom stereocenters. The molecule has 1 saturated carbocycles. The van der Waals surface area contributed by atoms with E-state index in [2.05, 4.69) is 17.4 Å². The van der Waals surface area contributed by atoms with Gasteiger partial charge in [-0.2, -0.15) is 0 Å². The molecule has 5 rings (SSSR count). The van der Waals surface area contributed by atoms with Crippen molar-refractivity contribution in [3.05, 3.63) is 65.7 Å². The predicted octanol–water partition coefficient (Wildman–Crippen LogP) is 3.73. The molecule has 7 nitrogen and oxygen atoms in total. The number of carbonyl (C=O) groups is 3. The second kappa shape index (κ2) is 9.12. The number of benzene rings is 2. The third-order valence-electron chi connectivity index (χ3n) is 7.83. The van der Waals surface area contributed by atoms with E-state index in [9.17, 15) is 14.4 Å². The Morgan fingerprint density at radius 2 is 1.74 bits per heavy atom. The Morgan fingerprint density at radius 1 is 1.03 bits per heavy atom. The quantitative estimate of drug-likeness (QED) is 0.665. The van der Waals surface area contributed by atoms with Gasteiger partial charge in [-0.1, -0.05) is 42.5 Å². The molecule has 1 N–H and O–H groups in total. The second-order valence-corrected chi connectivity index (χ2v) is 9.60. The maximum absolute atomic E-state index is 13.0. The predicted molar refractivity (Wildman–Crippen MR) is 128 cm³/mol. The summed E-state index contributed by atoms with van der Waals surface area (Å²) >= 11 is 0. The van der Waals surface area contributed by atoms with Crippen LogP contribution in [0, 0.1) is 0 Å². The van der Waals surface area contributed by atoms with Crippen molar-refractivity contribution < 1.29 is 19.1 Å². The number of nitrogens with one attached hydrogen (secondary N) is 1. The molecule has 0 unspecified atom stereocenters. The van der Waals surface area contributed by atoms with Gasteiger partial charge in [0, 0.05) is 24.5 Å². The molecular weight excluding hydrogens is 430 g/mol. The molecule has 178 valence electrons. The lowest BCUT2D eigenvalue weighted by molar-refractivity contribution is -0.130. The largest absolute Gasteiger partial charge is 0.496 e. The molecule has 2 aliphatic heterocycles. The van der Waals surface area contributed by atoms with E-state index in [0.717, 1.165) is 38.5 Å². The molecule has 2 aromatic rings. The minimum atomic E-state index is -0.256. The fourth-order valence-electron chi connectivity index (χ4n) is 5.93. The molecule has 4 amide bonds. The summed E-state index contributed by atoms with van der Waals surface area (Å²) in [4.78, 5) is 42.2. The molecule has 2 heterocycles. The molecule has 3 fully saturated rings. The molecule has 0 bridgehead atoms. The summed E-state index contributed by atoms with van der Waals surface area (Å²) < 4.78 is 5.36. The lowest BCUT2D eigenvalue weighted by Crippen LogP contribution is -2.49. The van der Waals surface area contributed by atoms with E-state index in [-0.39, 0.29) is 35.3 Å². The van der Waals surface area contributed by atoms with Crippen LogP contribution in [0.15, 0.2) is 54.6 Å². The molecule has 1 aliphatic carbocycles. The number of fused-ring (bicyclic) bond motifs is 1. The van der Waals surface area contributed by atoms with Crippen molar-refractivity contribution in [2.75, 3.05) is 20.2 Å². The van der Waals surface area contributed by atoms with Gasteiger partial charge in [0.15, 0.2) is 0 Å². The van der Waals surface area contributed by atoms with Crippen LogP contribution >= 0.6 is 0 Å². The number of carbonyl (C=O) groups excluding carboxylic acids is 3. The first-order valence-electron chi connectivity index (χ1n) is 12.1. The number of amides is 4. The molecule has 0 spiro atoms. The smallest absolute Gasteiger partial charge is 0.327 e. The Morgan fingerprint density at radius 3 is 2.44 bits per heavy atom. The number of hydrogen-bond acceptors (Lipinski definition) is 4. The van der Waals surface area contributed by atoms with Crippen molar-refractivity contribution in [3.8, 4) is 5.75 Å². The number of methoxy groups -OCH3 is 1. The van der Waals surface area contributed by atoms with E-state index >= 15 is 0 Å². The van der Waals surface area contributed by atoms with Gasteiger partial charge in [0.25, 0.3) is 11.8 Å². The van der Waals surface area contributed by atoms with Crippen molar-refractivity contribution >= 4 is 17.8 Å². The molecular formula is C27H31N3O4. The van der Waals surface area contributed by atoms with Crippen LogP contribution in [0.25, 0.3) is 0 Å². The lowest BCUT2D eigenvalue weighted by Gasteiger charge is -2.42. The summed E-state index contributed by atoms with van der Waals surface area (Å²) in [6.45, 7) is 1.17. The minimum absolute atomic E-state index is 0.0239. The molecule has 34 heavy (non-hydrogen) atoms. The highest BCUT2D eigenvalue weighted by Gasteiger charge is 2.51. The number of hydrogen-bond donors (Lipinski definition) is 1. The Labute approximate surface area is 200 Å². The van der Waals surface area contributed by atoms with Crippen LogP contribution in [0.3, 0.4) is 0 Å². The summed E-state index contributed by atoms with van der Waals surface area (Å²) in [6, 6.07) is 17.0. The average Bonchev–Trinajstić information content (AvgIpc) is 3.46. The van der Waals surface area contributed by atoms with Gasteiger partial charge in [0.2, 0.25) is 0 Å². The van der Waals surface area contributed by atoms with E-state index in [1.807, 2.05) is 30.3 Å². The summed E-state index contributed by atoms with van der Waals surface area (Å²) in [6.07, 6.45) is 4.72. The zero-order valence-electron chi connectivity index (χ0n) is 19.5. The van der Waals surface area contributed by atoms with Crippen LogP contribution in [-0.2, 0) is 10.2 Å². The molecule has 2 saturated heterocycles. The van der Waals surface area contributed by atoms with E-state index in [1.165, 1.54) is 10.5 Å². The lowest BCUT2D eigenvalue weighted by atomic mass is 9.67. The van der Waals surface area contributed by atoms with Crippen molar-refractivity contribution in [1.29, 1.82) is 0 Å². The summed E-state index contributed by atoms with van der Waals surface area (Å²) in [7, 11) is 1.56. The number of urea groups is 1. The number of para-hydroxylation sites is 1. The van der Waals surface area contributed by atoms with Gasteiger partial charge >= 0.3 is 6.03 Å². The van der Waals surface area contributed by atoms with Crippen LogP contribution in [0.4, 0.5) is 4.79 Å². The van der Waals surface area contributed by atoms with Crippen LogP contribution in [0.2, 0.25) is 0 Å². The monoisotopic (exact) mass is 461 g/mol. The maximum atomic E-state index is 13.0. The Hall–Kier alpha value is -3.35. The zero-order chi connectivity index (χ0) is 23.7. The molecule has 3 aliphatic rings. The first kappa shape index (κ1) is 22.4. The normalized spacial score (nSPS) is 26.5. The fourth-order valence-corrected chi connectivity index (χ4v) is 5.93. The Balaban J connectivity index is 1.33. The zero-order valence-corrected chi connectivity index (χ0v) is 19.5. The number of nitrogens with zero attached hydrogens (tertiary/aromatic N) is 2. The summed E-state index contributed by atoms with van der Waals surface area (Å²) in [5.41, 5.74) is 1.43. The summed E-state index contributed by atoms with van der Waals surface area (Å²) in [5, 5.41) is 3.14. The molecule has 2 aromatic carbocycles. The van der Waals surface area contributed by atoms with E-state index < -0.39 is 0 Å². The second-order valence-electron chi connectivity index (χ2n) is 9.60. The SMILES string of the molecule is COc1ccccc1C(=O)NCC1(c2ccccc2)CCC(N2C(=O)[C@@H]3CCCN3C2=O)CC1. The van der Waals surface area contributed by atoms with Gasteiger partial charge in [0.05, 0.1) is 12.7 Å². The van der Waals surface area contributed by atoms with Gasteiger partial charge in [-0.3, -0.25) is 14.5 Å². The number of ether oxygens (including phenoxy) is 1. The topological polar surface area (TPSA) is 79.0 Å². The number of rotatable bonds is 6. The summed E-state index contributed by atoms with van der Waals surface area (Å²) in [5.74, 6) is 0.355. The van der Waals surface area contributed by atoms with Crippen molar-refractivity contribution in [2.45, 2.75) is 56.0 Å². The van der Waals surface area contributed by atoms with E-state index in [1.54, 1.807) is 24.1 Å². The van der Waals surface area contributed by atoms with E-state index in [0.29, 0.717) is 24.4 Å². The first-order valence-corrected chi connectivity index (χ1v) is 12.1. The van der Waals surface area contributed by atoms with Crippen molar-refractivity contribution in [3.63, 3.8) is 0 Å².